The summed E-state index contributed by atoms with van der Waals surface area (Å²) in [5.74, 6) is 0.773. The lowest BCUT2D eigenvalue weighted by molar-refractivity contribution is 0.110. The fourth-order valence-corrected chi connectivity index (χ4v) is 2.37. The Balaban J connectivity index is 1.22. The number of hydrogen-bond acceptors (Lipinski definition) is 3. The molecule has 3 nitrogen and oxygen atoms in total. The molecule has 3 aliphatic rings. The van der Waals surface area contributed by atoms with Crippen molar-refractivity contribution < 1.29 is 14.2 Å². The van der Waals surface area contributed by atoms with Gasteiger partial charge in [-0.05, 0) is 38.0 Å². The molecule has 2 heterocycles. The minimum atomic E-state index is 0.409. The molecule has 2 aliphatic heterocycles. The fourth-order valence-electron chi connectivity index (χ4n) is 2.37. The van der Waals surface area contributed by atoms with Crippen molar-refractivity contribution >= 4 is 0 Å². The van der Waals surface area contributed by atoms with Gasteiger partial charge in [0.05, 0.1) is 25.4 Å². The van der Waals surface area contributed by atoms with E-state index in [0.717, 1.165) is 25.7 Å². The van der Waals surface area contributed by atoms with Crippen molar-refractivity contribution in [2.75, 3.05) is 19.8 Å². The lowest BCUT2D eigenvalue weighted by atomic mass is 9.86. The van der Waals surface area contributed by atoms with Crippen LogP contribution in [-0.4, -0.2) is 38.1 Å². The number of rotatable bonds is 6. The van der Waals surface area contributed by atoms with Crippen LogP contribution in [0.5, 0.6) is 0 Å². The maximum Gasteiger partial charge on any atom is 0.104 e. The zero-order chi connectivity index (χ0) is 10.1. The molecule has 4 unspecified atom stereocenters. The third-order valence-corrected chi connectivity index (χ3v) is 3.48. The molecule has 0 N–H and O–H groups in total. The molecule has 15 heavy (non-hydrogen) atoms. The molecule has 1 saturated carbocycles. The third-order valence-electron chi connectivity index (χ3n) is 3.48. The Morgan fingerprint density at radius 1 is 1.33 bits per heavy atom. The first-order valence-electron chi connectivity index (χ1n) is 6.11. The lowest BCUT2D eigenvalue weighted by Gasteiger charge is -2.17. The van der Waals surface area contributed by atoms with Crippen LogP contribution in [0.25, 0.3) is 0 Å². The highest BCUT2D eigenvalue weighted by Crippen LogP contribution is 2.40. The highest BCUT2D eigenvalue weighted by Gasteiger charge is 2.43. The van der Waals surface area contributed by atoms with Gasteiger partial charge in [0.2, 0.25) is 0 Å². The summed E-state index contributed by atoms with van der Waals surface area (Å²) in [4.78, 5) is 0. The van der Waals surface area contributed by atoms with Gasteiger partial charge in [0.1, 0.15) is 6.10 Å². The zero-order valence-corrected chi connectivity index (χ0v) is 9.06. The average molecular weight is 211 g/mol. The minimum absolute atomic E-state index is 0.409. The molecule has 0 aromatic rings. The van der Waals surface area contributed by atoms with Gasteiger partial charge in [-0.1, -0.05) is 0 Å². The molecule has 2 saturated heterocycles. The standard InChI is InChI=1S/C12H19O3/c1(5-13-7-10-8-14-10)2-9-3-4-11-12(6-9)15-11/h6,9-12H,1-5,7-8H2. The van der Waals surface area contributed by atoms with Gasteiger partial charge in [0.15, 0.2) is 0 Å². The molecule has 1 radical (unpaired) electrons. The third kappa shape index (κ3) is 2.92. The van der Waals surface area contributed by atoms with Crippen molar-refractivity contribution in [1.82, 2.24) is 0 Å². The zero-order valence-electron chi connectivity index (χ0n) is 9.06. The van der Waals surface area contributed by atoms with Gasteiger partial charge in [-0.25, -0.2) is 0 Å². The van der Waals surface area contributed by atoms with Crippen molar-refractivity contribution in [3.63, 3.8) is 0 Å². The monoisotopic (exact) mass is 211 g/mol. The van der Waals surface area contributed by atoms with Crippen LogP contribution in [0.2, 0.25) is 0 Å². The van der Waals surface area contributed by atoms with Crippen LogP contribution in [-0.2, 0) is 14.2 Å². The van der Waals surface area contributed by atoms with E-state index in [4.69, 9.17) is 14.2 Å². The van der Waals surface area contributed by atoms with Gasteiger partial charge < -0.3 is 14.2 Å². The Morgan fingerprint density at radius 3 is 3.07 bits per heavy atom. The summed E-state index contributed by atoms with van der Waals surface area (Å²) in [6.45, 7) is 2.58. The largest absolute Gasteiger partial charge is 0.379 e. The highest BCUT2D eigenvalue weighted by molar-refractivity contribution is 5.03. The van der Waals surface area contributed by atoms with Crippen molar-refractivity contribution in [2.45, 2.75) is 44.0 Å². The molecule has 3 heteroatoms. The van der Waals surface area contributed by atoms with Gasteiger partial charge in [-0.2, -0.15) is 0 Å². The van der Waals surface area contributed by atoms with Crippen molar-refractivity contribution in [1.29, 1.82) is 0 Å². The summed E-state index contributed by atoms with van der Waals surface area (Å²) < 4.78 is 16.1. The van der Waals surface area contributed by atoms with Crippen LogP contribution in [0.15, 0.2) is 0 Å². The normalized spacial score (nSPS) is 42.4. The highest BCUT2D eigenvalue weighted by atomic mass is 16.6. The first kappa shape index (κ1) is 10.1. The van der Waals surface area contributed by atoms with Crippen LogP contribution in [0.3, 0.4) is 0 Å². The topological polar surface area (TPSA) is 34.3 Å². The molecule has 0 aromatic carbocycles. The van der Waals surface area contributed by atoms with Crippen molar-refractivity contribution in [3.05, 3.63) is 6.42 Å². The van der Waals surface area contributed by atoms with Crippen molar-refractivity contribution in [3.8, 4) is 0 Å². The number of epoxide rings is 2. The SMILES string of the molecule is [CH]1C(CCCOCC2CO2)CCC2OC12. The van der Waals surface area contributed by atoms with Crippen LogP contribution >= 0.6 is 0 Å². The first-order chi connectivity index (χ1) is 7.42. The maximum absolute atomic E-state index is 5.52. The van der Waals surface area contributed by atoms with E-state index in [1.54, 1.807) is 0 Å². The molecule has 4 atom stereocenters. The molecular formula is C12H19O3. The molecule has 0 amide bonds. The molecule has 0 aromatic heterocycles. The van der Waals surface area contributed by atoms with E-state index < -0.39 is 0 Å². The molecular weight excluding hydrogens is 192 g/mol. The van der Waals surface area contributed by atoms with Gasteiger partial charge in [-0.15, -0.1) is 0 Å². The van der Waals surface area contributed by atoms with E-state index in [1.165, 1.54) is 25.7 Å². The van der Waals surface area contributed by atoms with Crippen molar-refractivity contribution in [2.24, 2.45) is 5.92 Å². The fraction of sp³-hybridized carbons (Fsp3) is 0.917. The summed E-state index contributed by atoms with van der Waals surface area (Å²) in [5.41, 5.74) is 0. The average Bonchev–Trinajstić information content (AvgIpc) is 3.12. The van der Waals surface area contributed by atoms with Crippen LogP contribution in [0.4, 0.5) is 0 Å². The molecule has 85 valence electrons. The molecule has 3 rings (SSSR count). The lowest BCUT2D eigenvalue weighted by Crippen LogP contribution is -2.15. The summed E-state index contributed by atoms with van der Waals surface area (Å²) in [6.07, 6.45) is 8.91. The first-order valence-corrected chi connectivity index (χ1v) is 6.11. The minimum Gasteiger partial charge on any atom is -0.379 e. The molecule has 1 aliphatic carbocycles. The Bertz CT molecular complexity index is 215. The molecule has 0 bridgehead atoms. The Hall–Kier alpha value is -0.120. The van der Waals surface area contributed by atoms with E-state index in [-0.39, 0.29) is 0 Å². The van der Waals surface area contributed by atoms with Crippen LogP contribution < -0.4 is 0 Å². The second-order valence-electron chi connectivity index (χ2n) is 4.84. The van der Waals surface area contributed by atoms with Gasteiger partial charge in [0, 0.05) is 6.61 Å². The van der Waals surface area contributed by atoms with E-state index in [1.807, 2.05) is 0 Å². The summed E-state index contributed by atoms with van der Waals surface area (Å²) >= 11 is 0. The van der Waals surface area contributed by atoms with Gasteiger partial charge in [-0.3, -0.25) is 0 Å². The Labute approximate surface area is 91.1 Å². The van der Waals surface area contributed by atoms with Crippen LogP contribution in [0, 0.1) is 12.3 Å². The molecule has 0 spiro atoms. The Morgan fingerprint density at radius 2 is 2.27 bits per heavy atom. The number of fused-ring (bicyclic) bond motifs is 1. The smallest absolute Gasteiger partial charge is 0.104 e. The van der Waals surface area contributed by atoms with E-state index >= 15 is 0 Å². The maximum atomic E-state index is 5.52. The predicted molar refractivity (Wildman–Crippen MR) is 55.5 cm³/mol. The van der Waals surface area contributed by atoms with E-state index in [0.29, 0.717) is 18.3 Å². The van der Waals surface area contributed by atoms with E-state index in [9.17, 15) is 0 Å². The van der Waals surface area contributed by atoms with Crippen LogP contribution in [0.1, 0.15) is 25.7 Å². The second-order valence-corrected chi connectivity index (χ2v) is 4.84. The predicted octanol–water partition coefficient (Wildman–Crippen LogP) is 1.56. The molecule has 3 fully saturated rings. The van der Waals surface area contributed by atoms with E-state index in [2.05, 4.69) is 6.42 Å². The number of hydrogen-bond donors (Lipinski definition) is 0. The quantitative estimate of drug-likeness (QED) is 0.494. The van der Waals surface area contributed by atoms with Gasteiger partial charge in [0.25, 0.3) is 0 Å². The number of ether oxygens (including phenoxy) is 3. The summed E-state index contributed by atoms with van der Waals surface area (Å²) in [6, 6.07) is 0. The second kappa shape index (κ2) is 4.40. The Kier molecular flexibility index (Phi) is 2.95. The summed E-state index contributed by atoms with van der Waals surface area (Å²) in [7, 11) is 0. The van der Waals surface area contributed by atoms with Gasteiger partial charge >= 0.3 is 0 Å². The summed E-state index contributed by atoms with van der Waals surface area (Å²) in [5, 5.41) is 0.